The van der Waals surface area contributed by atoms with Crippen LogP contribution >= 0.6 is 28.3 Å². The molecule has 0 bridgehead atoms. The maximum Gasteiger partial charge on any atom is 0.254 e. The fourth-order valence-electron chi connectivity index (χ4n) is 2.10. The largest absolute Gasteiger partial charge is 0.348 e. The molecular formula is C13H17BrClFN2O. The van der Waals surface area contributed by atoms with Gasteiger partial charge in [0.25, 0.3) is 5.91 Å². The number of piperidine rings is 1. The Morgan fingerprint density at radius 3 is 2.95 bits per heavy atom. The number of hydrogen-bond acceptors (Lipinski definition) is 2. The summed E-state index contributed by atoms with van der Waals surface area (Å²) in [5.41, 5.74) is 0.0853. The van der Waals surface area contributed by atoms with Crippen molar-refractivity contribution >= 4 is 34.2 Å². The number of benzene rings is 1. The van der Waals surface area contributed by atoms with E-state index in [0.717, 1.165) is 19.5 Å². The van der Waals surface area contributed by atoms with E-state index in [-0.39, 0.29) is 29.9 Å². The summed E-state index contributed by atoms with van der Waals surface area (Å²) in [4.78, 5) is 12.0. The molecule has 1 saturated heterocycles. The topological polar surface area (TPSA) is 41.1 Å². The first-order valence-electron chi connectivity index (χ1n) is 6.04. The summed E-state index contributed by atoms with van der Waals surface area (Å²) in [6, 6.07) is 4.44. The van der Waals surface area contributed by atoms with Crippen molar-refractivity contribution in [2.75, 3.05) is 13.1 Å². The molecule has 0 radical (unpaired) electrons. The zero-order valence-corrected chi connectivity index (χ0v) is 13.0. The first kappa shape index (κ1) is 16.4. The molecule has 1 amide bonds. The number of nitrogens with one attached hydrogen (secondary N) is 2. The fourth-order valence-corrected chi connectivity index (χ4v) is 2.46. The van der Waals surface area contributed by atoms with Gasteiger partial charge in [-0.15, -0.1) is 12.4 Å². The Kier molecular flexibility index (Phi) is 6.23. The molecule has 0 saturated carbocycles. The Morgan fingerprint density at radius 2 is 2.26 bits per heavy atom. The van der Waals surface area contributed by atoms with Crippen molar-refractivity contribution < 1.29 is 9.18 Å². The van der Waals surface area contributed by atoms with Gasteiger partial charge in [0.1, 0.15) is 5.82 Å². The Bertz CT molecular complexity index is 458. The van der Waals surface area contributed by atoms with E-state index < -0.39 is 5.82 Å². The van der Waals surface area contributed by atoms with Crippen molar-refractivity contribution in [3.8, 4) is 0 Å². The second-order valence-corrected chi connectivity index (χ2v) is 5.59. The van der Waals surface area contributed by atoms with Crippen LogP contribution in [0.15, 0.2) is 22.7 Å². The summed E-state index contributed by atoms with van der Waals surface area (Å²) in [5, 5.41) is 6.12. The van der Waals surface area contributed by atoms with Crippen LogP contribution < -0.4 is 10.6 Å². The van der Waals surface area contributed by atoms with Crippen LogP contribution in [0.4, 0.5) is 4.39 Å². The molecular weight excluding hydrogens is 335 g/mol. The Labute approximate surface area is 126 Å². The smallest absolute Gasteiger partial charge is 0.254 e. The van der Waals surface area contributed by atoms with Gasteiger partial charge in [-0.25, -0.2) is 4.39 Å². The van der Waals surface area contributed by atoms with Crippen molar-refractivity contribution in [3.05, 3.63) is 34.1 Å². The van der Waals surface area contributed by atoms with Crippen LogP contribution in [-0.4, -0.2) is 25.0 Å². The zero-order chi connectivity index (χ0) is 13.1. The molecule has 1 aliphatic heterocycles. The molecule has 2 N–H and O–H groups in total. The number of amides is 1. The second-order valence-electron chi connectivity index (χ2n) is 4.67. The quantitative estimate of drug-likeness (QED) is 0.860. The van der Waals surface area contributed by atoms with Crippen molar-refractivity contribution in [1.29, 1.82) is 0 Å². The normalized spacial score (nSPS) is 22.5. The fraction of sp³-hybridized carbons (Fsp3) is 0.462. The number of halogens is 3. The molecule has 2 unspecified atom stereocenters. The Balaban J connectivity index is 0.00000180. The molecule has 3 nitrogen and oxygen atoms in total. The number of rotatable bonds is 2. The van der Waals surface area contributed by atoms with Crippen molar-refractivity contribution in [3.63, 3.8) is 0 Å². The molecule has 0 aromatic heterocycles. The van der Waals surface area contributed by atoms with Crippen molar-refractivity contribution in [1.82, 2.24) is 10.6 Å². The average molecular weight is 352 g/mol. The summed E-state index contributed by atoms with van der Waals surface area (Å²) in [5.74, 6) is -0.438. The van der Waals surface area contributed by atoms with E-state index in [1.54, 1.807) is 6.07 Å². The summed E-state index contributed by atoms with van der Waals surface area (Å²) >= 11 is 3.24. The van der Waals surface area contributed by atoms with Gasteiger partial charge in [0.05, 0.1) is 5.56 Å². The third kappa shape index (κ3) is 4.16. The maximum absolute atomic E-state index is 13.6. The molecule has 2 rings (SSSR count). The SMILES string of the molecule is CC1CCNCC1NC(=O)c1cc(Br)ccc1F.Cl. The van der Waals surface area contributed by atoms with Gasteiger partial charge in [0, 0.05) is 17.1 Å². The lowest BCUT2D eigenvalue weighted by atomic mass is 9.94. The molecule has 1 fully saturated rings. The third-order valence-corrected chi connectivity index (χ3v) is 3.81. The van der Waals surface area contributed by atoms with E-state index in [2.05, 4.69) is 33.5 Å². The molecule has 1 aliphatic rings. The number of carbonyl (C=O) groups excluding carboxylic acids is 1. The molecule has 106 valence electrons. The van der Waals surface area contributed by atoms with Crippen LogP contribution in [0.25, 0.3) is 0 Å². The van der Waals surface area contributed by atoms with Gasteiger partial charge < -0.3 is 10.6 Å². The van der Waals surface area contributed by atoms with Crippen LogP contribution in [0.1, 0.15) is 23.7 Å². The standard InChI is InChI=1S/C13H16BrFN2O.ClH/c1-8-4-5-16-7-12(8)17-13(18)10-6-9(14)2-3-11(10)15;/h2-3,6,8,12,16H,4-5,7H2,1H3,(H,17,18);1H. The monoisotopic (exact) mass is 350 g/mol. The van der Waals surface area contributed by atoms with E-state index in [9.17, 15) is 9.18 Å². The van der Waals surface area contributed by atoms with Gasteiger partial charge in [-0.1, -0.05) is 22.9 Å². The third-order valence-electron chi connectivity index (χ3n) is 3.32. The highest BCUT2D eigenvalue weighted by atomic mass is 79.9. The lowest BCUT2D eigenvalue weighted by Crippen LogP contribution is -2.50. The van der Waals surface area contributed by atoms with Crippen molar-refractivity contribution in [2.24, 2.45) is 5.92 Å². The van der Waals surface area contributed by atoms with Crippen LogP contribution in [0, 0.1) is 11.7 Å². The van der Waals surface area contributed by atoms with E-state index in [4.69, 9.17) is 0 Å². The summed E-state index contributed by atoms with van der Waals surface area (Å²) in [6.07, 6.45) is 1.02. The number of carbonyl (C=O) groups is 1. The Hall–Kier alpha value is -0.650. The average Bonchev–Trinajstić information content (AvgIpc) is 2.35. The van der Waals surface area contributed by atoms with Crippen LogP contribution in [0.2, 0.25) is 0 Å². The predicted octanol–water partition coefficient (Wildman–Crippen LogP) is 2.74. The highest BCUT2D eigenvalue weighted by molar-refractivity contribution is 9.10. The minimum Gasteiger partial charge on any atom is -0.348 e. The lowest BCUT2D eigenvalue weighted by molar-refractivity contribution is 0.0911. The summed E-state index contributed by atoms with van der Waals surface area (Å²) < 4.78 is 14.3. The molecule has 1 aromatic rings. The first-order valence-corrected chi connectivity index (χ1v) is 6.84. The van der Waals surface area contributed by atoms with Crippen LogP contribution in [-0.2, 0) is 0 Å². The highest BCUT2D eigenvalue weighted by Gasteiger charge is 2.24. The predicted molar refractivity (Wildman–Crippen MR) is 79.3 cm³/mol. The molecule has 19 heavy (non-hydrogen) atoms. The minimum absolute atomic E-state index is 0. The van der Waals surface area contributed by atoms with E-state index in [1.807, 2.05) is 0 Å². The molecule has 1 aromatic carbocycles. The van der Waals surface area contributed by atoms with E-state index >= 15 is 0 Å². The number of hydrogen-bond donors (Lipinski definition) is 2. The molecule has 0 aliphatic carbocycles. The summed E-state index contributed by atoms with van der Waals surface area (Å²) in [6.45, 7) is 3.81. The van der Waals surface area contributed by atoms with Crippen molar-refractivity contribution in [2.45, 2.75) is 19.4 Å². The molecule has 6 heteroatoms. The molecule has 0 spiro atoms. The molecule has 1 heterocycles. The van der Waals surface area contributed by atoms with Gasteiger partial charge in [-0.05, 0) is 37.1 Å². The first-order chi connectivity index (χ1) is 8.58. The van der Waals surface area contributed by atoms with Gasteiger partial charge in [0.15, 0.2) is 0 Å². The van der Waals surface area contributed by atoms with Gasteiger partial charge in [-0.3, -0.25) is 4.79 Å². The minimum atomic E-state index is -0.493. The van der Waals surface area contributed by atoms with Gasteiger partial charge in [0.2, 0.25) is 0 Å². The van der Waals surface area contributed by atoms with E-state index in [1.165, 1.54) is 12.1 Å². The summed E-state index contributed by atoms with van der Waals surface area (Å²) in [7, 11) is 0. The second kappa shape index (κ2) is 7.22. The Morgan fingerprint density at radius 1 is 1.53 bits per heavy atom. The van der Waals surface area contributed by atoms with Gasteiger partial charge in [-0.2, -0.15) is 0 Å². The highest BCUT2D eigenvalue weighted by Crippen LogP contribution is 2.17. The van der Waals surface area contributed by atoms with Crippen LogP contribution in [0.3, 0.4) is 0 Å². The van der Waals surface area contributed by atoms with E-state index in [0.29, 0.717) is 10.4 Å². The van der Waals surface area contributed by atoms with Crippen LogP contribution in [0.5, 0.6) is 0 Å². The van der Waals surface area contributed by atoms with Gasteiger partial charge >= 0.3 is 0 Å². The lowest BCUT2D eigenvalue weighted by Gasteiger charge is -2.30. The molecule has 2 atom stereocenters. The zero-order valence-electron chi connectivity index (χ0n) is 10.6. The maximum atomic E-state index is 13.6.